The predicted molar refractivity (Wildman–Crippen MR) is 160 cm³/mol. The number of piperidine rings is 2. The molecule has 2 N–H and O–H groups in total. The molecular weight excluding hydrogens is 472 g/mol. The number of unbranched alkanes of at least 4 members (excludes halogenated alkanes) is 3. The standard InChI is InChI=1S/C32H62N4O2/c1-13-26(37)35(24-20-29(5,6)33-30(7,8)21-24)18-16-14-15-17-19-36(27(38)28(2,3)4)25-22-31(9,10)34-32(11,12)23-25/h24-25,33-34H,13-23H2,1-12H3. The number of rotatable bonds is 10. The monoisotopic (exact) mass is 534 g/mol. The van der Waals surface area contributed by atoms with E-state index in [1.807, 2.05) is 27.7 Å². The molecule has 6 nitrogen and oxygen atoms in total. The molecular formula is C32H62N4O2. The van der Waals surface area contributed by atoms with E-state index in [0.29, 0.717) is 12.5 Å². The van der Waals surface area contributed by atoms with E-state index < -0.39 is 0 Å². The Morgan fingerprint density at radius 2 is 1.00 bits per heavy atom. The lowest BCUT2D eigenvalue weighted by Crippen LogP contribution is -2.63. The van der Waals surface area contributed by atoms with Crippen molar-refractivity contribution in [3.63, 3.8) is 0 Å². The van der Waals surface area contributed by atoms with Crippen LogP contribution >= 0.6 is 0 Å². The molecule has 0 bridgehead atoms. The van der Waals surface area contributed by atoms with Crippen molar-refractivity contribution >= 4 is 11.8 Å². The van der Waals surface area contributed by atoms with E-state index in [4.69, 9.17) is 0 Å². The van der Waals surface area contributed by atoms with E-state index in [0.717, 1.165) is 64.5 Å². The van der Waals surface area contributed by atoms with Gasteiger partial charge in [-0.3, -0.25) is 9.59 Å². The van der Waals surface area contributed by atoms with Gasteiger partial charge in [0.1, 0.15) is 0 Å². The molecule has 0 radical (unpaired) electrons. The topological polar surface area (TPSA) is 64.7 Å². The third kappa shape index (κ3) is 9.80. The molecule has 2 rings (SSSR count). The van der Waals surface area contributed by atoms with Crippen LogP contribution in [0.15, 0.2) is 0 Å². The smallest absolute Gasteiger partial charge is 0.228 e. The van der Waals surface area contributed by atoms with Crippen molar-refractivity contribution in [1.29, 1.82) is 0 Å². The Morgan fingerprint density at radius 3 is 1.34 bits per heavy atom. The highest BCUT2D eigenvalue weighted by atomic mass is 16.2. The van der Waals surface area contributed by atoms with Crippen molar-refractivity contribution in [2.75, 3.05) is 13.1 Å². The van der Waals surface area contributed by atoms with E-state index in [1.165, 1.54) is 0 Å². The number of hydrogen-bond donors (Lipinski definition) is 2. The fraction of sp³-hybridized carbons (Fsp3) is 0.938. The Kier molecular flexibility index (Phi) is 10.6. The highest BCUT2D eigenvalue weighted by molar-refractivity contribution is 5.82. The number of amides is 2. The summed E-state index contributed by atoms with van der Waals surface area (Å²) in [6, 6.07) is 0.553. The number of carbonyl (C=O) groups excluding carboxylic acids is 2. The molecule has 2 heterocycles. The van der Waals surface area contributed by atoms with Gasteiger partial charge in [-0.1, -0.05) is 40.5 Å². The van der Waals surface area contributed by atoms with Crippen molar-refractivity contribution in [1.82, 2.24) is 20.4 Å². The summed E-state index contributed by atoms with van der Waals surface area (Å²) >= 11 is 0. The first-order chi connectivity index (χ1) is 17.2. The number of nitrogens with one attached hydrogen (secondary N) is 2. The van der Waals surface area contributed by atoms with Gasteiger partial charge in [-0.25, -0.2) is 0 Å². The minimum atomic E-state index is -0.378. The molecule has 2 saturated heterocycles. The molecule has 2 aliphatic rings. The molecule has 0 saturated carbocycles. The van der Waals surface area contributed by atoms with Crippen LogP contribution in [0.2, 0.25) is 0 Å². The Balaban J connectivity index is 1.97. The summed E-state index contributed by atoms with van der Waals surface area (Å²) in [7, 11) is 0. The maximum absolute atomic E-state index is 13.5. The fourth-order valence-corrected chi connectivity index (χ4v) is 7.49. The quantitative estimate of drug-likeness (QED) is 0.324. The van der Waals surface area contributed by atoms with Gasteiger partial charge in [0.25, 0.3) is 0 Å². The molecule has 0 atom stereocenters. The second-order valence-corrected chi connectivity index (χ2v) is 16.0. The van der Waals surface area contributed by atoms with Crippen LogP contribution in [0, 0.1) is 5.41 Å². The van der Waals surface area contributed by atoms with E-state index in [9.17, 15) is 9.59 Å². The number of carbonyl (C=O) groups is 2. The largest absolute Gasteiger partial charge is 0.340 e. The summed E-state index contributed by atoms with van der Waals surface area (Å²) in [6.07, 6.45) is 8.74. The van der Waals surface area contributed by atoms with E-state index in [-0.39, 0.29) is 45.4 Å². The predicted octanol–water partition coefficient (Wildman–Crippen LogP) is 6.28. The molecule has 0 aromatic carbocycles. The molecule has 0 aromatic heterocycles. The van der Waals surface area contributed by atoms with Gasteiger partial charge in [0.15, 0.2) is 0 Å². The van der Waals surface area contributed by atoms with Gasteiger partial charge >= 0.3 is 0 Å². The minimum absolute atomic E-state index is 0.00980. The average molecular weight is 535 g/mol. The van der Waals surface area contributed by atoms with Crippen LogP contribution in [0.3, 0.4) is 0 Å². The lowest BCUT2D eigenvalue weighted by Gasteiger charge is -2.50. The van der Waals surface area contributed by atoms with E-state index in [2.05, 4.69) is 75.8 Å². The van der Waals surface area contributed by atoms with Crippen molar-refractivity contribution in [2.45, 2.75) is 175 Å². The first kappa shape index (κ1) is 33.1. The van der Waals surface area contributed by atoms with Crippen LogP contribution in [0.4, 0.5) is 0 Å². The van der Waals surface area contributed by atoms with Crippen molar-refractivity contribution in [3.05, 3.63) is 0 Å². The third-order valence-electron chi connectivity index (χ3n) is 8.29. The average Bonchev–Trinajstić information content (AvgIpc) is 2.69. The molecule has 0 unspecified atom stereocenters. The molecule has 0 aromatic rings. The van der Waals surface area contributed by atoms with Crippen LogP contribution < -0.4 is 10.6 Å². The van der Waals surface area contributed by atoms with Gasteiger partial charge in [-0.2, -0.15) is 0 Å². The second-order valence-electron chi connectivity index (χ2n) is 16.0. The van der Waals surface area contributed by atoms with Gasteiger partial charge in [0, 0.05) is 59.2 Å². The fourth-order valence-electron chi connectivity index (χ4n) is 7.49. The zero-order valence-corrected chi connectivity index (χ0v) is 27.1. The summed E-state index contributed by atoms with van der Waals surface area (Å²) in [4.78, 5) is 30.9. The zero-order chi connectivity index (χ0) is 29.2. The van der Waals surface area contributed by atoms with Crippen LogP contribution in [-0.4, -0.2) is 68.9 Å². The second kappa shape index (κ2) is 12.2. The summed E-state index contributed by atoms with van der Waals surface area (Å²) in [5.41, 5.74) is -0.304. The molecule has 0 aliphatic carbocycles. The van der Waals surface area contributed by atoms with E-state index in [1.54, 1.807) is 0 Å². The molecule has 222 valence electrons. The molecule has 38 heavy (non-hydrogen) atoms. The van der Waals surface area contributed by atoms with Crippen LogP contribution in [0.1, 0.15) is 141 Å². The molecule has 6 heteroatoms. The van der Waals surface area contributed by atoms with E-state index >= 15 is 0 Å². The van der Waals surface area contributed by atoms with Crippen molar-refractivity contribution in [3.8, 4) is 0 Å². The Morgan fingerprint density at radius 1 is 0.658 bits per heavy atom. The third-order valence-corrected chi connectivity index (χ3v) is 8.29. The lowest BCUT2D eigenvalue weighted by molar-refractivity contribution is -0.144. The Bertz CT molecular complexity index is 777. The van der Waals surface area contributed by atoms with Gasteiger partial charge in [0.05, 0.1) is 0 Å². The lowest BCUT2D eigenvalue weighted by atomic mass is 9.78. The molecule has 2 fully saturated rings. The van der Waals surface area contributed by atoms with Crippen LogP contribution in [0.5, 0.6) is 0 Å². The first-order valence-corrected chi connectivity index (χ1v) is 15.4. The van der Waals surface area contributed by atoms with Crippen LogP contribution in [0.25, 0.3) is 0 Å². The highest BCUT2D eigenvalue weighted by Crippen LogP contribution is 2.34. The zero-order valence-electron chi connectivity index (χ0n) is 27.1. The maximum Gasteiger partial charge on any atom is 0.228 e. The SMILES string of the molecule is CCC(=O)N(CCCCCCN(C(=O)C(C)(C)C)C1CC(C)(C)NC(C)(C)C1)C1CC(C)(C)NC(C)(C)C1. The molecule has 2 aliphatic heterocycles. The summed E-state index contributed by atoms with van der Waals surface area (Å²) in [5, 5.41) is 7.52. The molecule has 2 amide bonds. The Labute approximate surface area is 235 Å². The van der Waals surface area contributed by atoms with Gasteiger partial charge in [0.2, 0.25) is 11.8 Å². The Hall–Kier alpha value is -1.14. The van der Waals surface area contributed by atoms with Gasteiger partial charge in [-0.15, -0.1) is 0 Å². The number of nitrogens with zero attached hydrogens (tertiary/aromatic N) is 2. The summed E-state index contributed by atoms with van der Waals surface area (Å²) < 4.78 is 0. The van der Waals surface area contributed by atoms with Crippen molar-refractivity contribution in [2.24, 2.45) is 5.41 Å². The number of hydrogen-bond acceptors (Lipinski definition) is 4. The van der Waals surface area contributed by atoms with Gasteiger partial charge in [-0.05, 0) is 93.9 Å². The summed E-state index contributed by atoms with van der Waals surface area (Å²) in [5.74, 6) is 0.549. The maximum atomic E-state index is 13.5. The minimum Gasteiger partial charge on any atom is -0.340 e. The normalized spacial score (nSPS) is 23.2. The van der Waals surface area contributed by atoms with Gasteiger partial charge < -0.3 is 20.4 Å². The highest BCUT2D eigenvalue weighted by Gasteiger charge is 2.43. The molecule has 0 spiro atoms. The summed E-state index contributed by atoms with van der Waals surface area (Å²) in [6.45, 7) is 27.8. The van der Waals surface area contributed by atoms with Crippen LogP contribution in [-0.2, 0) is 9.59 Å². The first-order valence-electron chi connectivity index (χ1n) is 15.4. The van der Waals surface area contributed by atoms with Crippen molar-refractivity contribution < 1.29 is 9.59 Å².